The van der Waals surface area contributed by atoms with Crippen molar-refractivity contribution in [3.8, 4) is 0 Å². The fourth-order valence-electron chi connectivity index (χ4n) is 6.71. The molecule has 0 aliphatic rings. The van der Waals surface area contributed by atoms with Crippen molar-refractivity contribution in [3.05, 3.63) is 72.9 Å². The number of hydrogen-bond donors (Lipinski definition) is 0. The van der Waals surface area contributed by atoms with Gasteiger partial charge in [0.25, 0.3) is 0 Å². The van der Waals surface area contributed by atoms with E-state index in [1.54, 1.807) is 0 Å². The van der Waals surface area contributed by atoms with Crippen molar-refractivity contribution in [2.24, 2.45) is 0 Å². The highest BCUT2D eigenvalue weighted by Gasteiger charge is 2.19. The molecule has 0 N–H and O–H groups in total. The Kier molecular flexibility index (Phi) is 46.0. The van der Waals surface area contributed by atoms with E-state index in [4.69, 9.17) is 14.2 Å². The quantitative estimate of drug-likeness (QED) is 0.0263. The third-order valence-electron chi connectivity index (χ3n) is 10.4. The van der Waals surface area contributed by atoms with Gasteiger partial charge in [-0.25, -0.2) is 0 Å². The summed E-state index contributed by atoms with van der Waals surface area (Å²) in [5.41, 5.74) is 0. The van der Waals surface area contributed by atoms with E-state index in [2.05, 4.69) is 93.7 Å². The molecule has 6 nitrogen and oxygen atoms in total. The maximum Gasteiger partial charge on any atom is 0.306 e. The van der Waals surface area contributed by atoms with Crippen LogP contribution in [0, 0.1) is 0 Å². The van der Waals surface area contributed by atoms with Crippen LogP contribution < -0.4 is 0 Å². The Morgan fingerprint density at radius 3 is 1.10 bits per heavy atom. The number of allylic oxidation sites excluding steroid dienone is 12. The Bertz CT molecular complexity index is 1140. The van der Waals surface area contributed by atoms with Gasteiger partial charge in [0.2, 0.25) is 0 Å². The highest BCUT2D eigenvalue weighted by atomic mass is 16.6. The second-order valence-electron chi connectivity index (χ2n) is 16.3. The molecular weight excluding hydrogens is 745 g/mol. The van der Waals surface area contributed by atoms with Gasteiger partial charge in [-0.3, -0.25) is 14.4 Å². The van der Waals surface area contributed by atoms with Gasteiger partial charge in [0.15, 0.2) is 6.10 Å². The molecule has 0 bridgehead atoms. The molecule has 6 heteroatoms. The van der Waals surface area contributed by atoms with Gasteiger partial charge in [-0.15, -0.1) is 0 Å². The minimum atomic E-state index is -0.799. The third-order valence-corrected chi connectivity index (χ3v) is 10.4. The molecule has 0 saturated carbocycles. The highest BCUT2D eigenvalue weighted by molar-refractivity contribution is 5.71. The summed E-state index contributed by atoms with van der Waals surface area (Å²) in [4.78, 5) is 37.9. The Morgan fingerprint density at radius 2 is 0.667 bits per heavy atom. The van der Waals surface area contributed by atoms with E-state index in [9.17, 15) is 14.4 Å². The van der Waals surface area contributed by atoms with Crippen LogP contribution in [0.5, 0.6) is 0 Å². The van der Waals surface area contributed by atoms with Gasteiger partial charge in [0.05, 0.1) is 0 Å². The molecule has 0 aromatic carbocycles. The van der Waals surface area contributed by atoms with Crippen molar-refractivity contribution in [3.63, 3.8) is 0 Å². The standard InChI is InChI=1S/C54H92O6/c1-4-7-10-13-16-19-22-24-26-27-28-30-32-35-38-41-44-47-53(56)59-50-51(49-58-52(55)46-43-40-37-34-31-21-18-15-12-9-6-3)60-54(57)48-45-42-39-36-33-29-25-23-20-17-14-11-8-5-2/h7,10,16,19,23-26,28,30,35,38,51H,4-6,8-9,11-15,17-18,20-22,27,29,31-34,36-37,39-50H2,1-3H3/b10-7-,19-16-,25-23-,26-24-,30-28-,38-35-. The zero-order chi connectivity index (χ0) is 43.7. The van der Waals surface area contributed by atoms with Gasteiger partial charge < -0.3 is 14.2 Å². The van der Waals surface area contributed by atoms with Crippen LogP contribution in [0.1, 0.15) is 233 Å². The second-order valence-corrected chi connectivity index (χ2v) is 16.3. The van der Waals surface area contributed by atoms with Crippen molar-refractivity contribution in [2.45, 2.75) is 239 Å². The Labute approximate surface area is 370 Å². The summed E-state index contributed by atoms with van der Waals surface area (Å²) < 4.78 is 16.7. The zero-order valence-electron chi connectivity index (χ0n) is 39.2. The lowest BCUT2D eigenvalue weighted by Gasteiger charge is -2.18. The maximum atomic E-state index is 12.8. The maximum absolute atomic E-state index is 12.8. The van der Waals surface area contributed by atoms with Crippen LogP contribution in [0.2, 0.25) is 0 Å². The van der Waals surface area contributed by atoms with Gasteiger partial charge in [-0.1, -0.05) is 203 Å². The number of carbonyl (C=O) groups is 3. The first-order chi connectivity index (χ1) is 29.5. The molecule has 0 aromatic heterocycles. The van der Waals surface area contributed by atoms with Gasteiger partial charge >= 0.3 is 17.9 Å². The molecule has 0 aliphatic carbocycles. The van der Waals surface area contributed by atoms with Gasteiger partial charge in [0, 0.05) is 19.3 Å². The number of esters is 3. The fraction of sp³-hybridized carbons (Fsp3) is 0.722. The lowest BCUT2D eigenvalue weighted by Crippen LogP contribution is -2.30. The predicted molar refractivity (Wildman–Crippen MR) is 256 cm³/mol. The summed E-state index contributed by atoms with van der Waals surface area (Å²) in [6, 6.07) is 0. The summed E-state index contributed by atoms with van der Waals surface area (Å²) in [5, 5.41) is 0. The zero-order valence-corrected chi connectivity index (χ0v) is 39.2. The Balaban J connectivity index is 4.47. The van der Waals surface area contributed by atoms with Crippen LogP contribution >= 0.6 is 0 Å². The van der Waals surface area contributed by atoms with E-state index >= 15 is 0 Å². The molecule has 1 unspecified atom stereocenters. The summed E-state index contributed by atoms with van der Waals surface area (Å²) in [5.74, 6) is -0.965. The normalized spacial score (nSPS) is 12.7. The van der Waals surface area contributed by atoms with Crippen molar-refractivity contribution in [1.29, 1.82) is 0 Å². The molecular formula is C54H92O6. The molecule has 60 heavy (non-hydrogen) atoms. The molecule has 0 saturated heterocycles. The minimum Gasteiger partial charge on any atom is -0.462 e. The number of ether oxygens (including phenoxy) is 3. The average molecular weight is 837 g/mol. The van der Waals surface area contributed by atoms with E-state index in [0.717, 1.165) is 89.9 Å². The van der Waals surface area contributed by atoms with Crippen LogP contribution in [-0.2, 0) is 28.6 Å². The fourth-order valence-corrected chi connectivity index (χ4v) is 6.71. The Hall–Kier alpha value is -3.15. The van der Waals surface area contributed by atoms with Crippen LogP contribution in [-0.4, -0.2) is 37.2 Å². The number of hydrogen-bond acceptors (Lipinski definition) is 6. The number of carbonyl (C=O) groups excluding carboxylic acids is 3. The van der Waals surface area contributed by atoms with Crippen molar-refractivity contribution in [2.75, 3.05) is 13.2 Å². The molecule has 0 radical (unpaired) electrons. The van der Waals surface area contributed by atoms with E-state index in [1.165, 1.54) is 96.3 Å². The number of unbranched alkanes of at least 4 members (excludes halogenated alkanes) is 21. The molecule has 0 aromatic rings. The second kappa shape index (κ2) is 48.5. The van der Waals surface area contributed by atoms with Crippen molar-refractivity contribution in [1.82, 2.24) is 0 Å². The highest BCUT2D eigenvalue weighted by Crippen LogP contribution is 2.14. The minimum absolute atomic E-state index is 0.0951. The summed E-state index contributed by atoms with van der Waals surface area (Å²) in [7, 11) is 0. The predicted octanol–water partition coefficient (Wildman–Crippen LogP) is 16.3. The third kappa shape index (κ3) is 45.9. The van der Waals surface area contributed by atoms with E-state index < -0.39 is 6.10 Å². The number of rotatable bonds is 44. The first-order valence-electron chi connectivity index (χ1n) is 24.9. The molecule has 344 valence electrons. The topological polar surface area (TPSA) is 78.9 Å². The lowest BCUT2D eigenvalue weighted by atomic mass is 10.1. The lowest BCUT2D eigenvalue weighted by molar-refractivity contribution is -0.167. The first kappa shape index (κ1) is 56.9. The average Bonchev–Trinajstić information content (AvgIpc) is 3.24. The van der Waals surface area contributed by atoms with Gasteiger partial charge in [0.1, 0.15) is 13.2 Å². The molecule has 0 spiro atoms. The van der Waals surface area contributed by atoms with Crippen LogP contribution in [0.25, 0.3) is 0 Å². The summed E-state index contributed by atoms with van der Waals surface area (Å²) in [6.07, 6.45) is 60.3. The molecule has 0 rings (SSSR count). The molecule has 0 amide bonds. The van der Waals surface area contributed by atoms with Crippen molar-refractivity contribution < 1.29 is 28.6 Å². The molecule has 0 aliphatic heterocycles. The summed E-state index contributed by atoms with van der Waals surface area (Å²) >= 11 is 0. The van der Waals surface area contributed by atoms with Crippen LogP contribution in [0.15, 0.2) is 72.9 Å². The molecule has 0 fully saturated rings. The smallest absolute Gasteiger partial charge is 0.306 e. The SMILES string of the molecule is CC/C=C\C/C=C\C/C=C\C/C=C\C/C=C\CCCC(=O)OCC(COC(=O)CCCCCCCCCCCCC)OC(=O)CCCCCCC/C=C\CCCCCCC. The first-order valence-corrected chi connectivity index (χ1v) is 24.9. The van der Waals surface area contributed by atoms with Crippen LogP contribution in [0.4, 0.5) is 0 Å². The van der Waals surface area contributed by atoms with E-state index in [-0.39, 0.29) is 37.5 Å². The van der Waals surface area contributed by atoms with E-state index in [0.29, 0.717) is 19.3 Å². The van der Waals surface area contributed by atoms with Gasteiger partial charge in [-0.05, 0) is 83.5 Å². The van der Waals surface area contributed by atoms with Crippen molar-refractivity contribution >= 4 is 17.9 Å². The molecule has 1 atom stereocenters. The summed E-state index contributed by atoms with van der Waals surface area (Å²) in [6.45, 7) is 6.45. The monoisotopic (exact) mass is 837 g/mol. The molecule has 0 heterocycles. The van der Waals surface area contributed by atoms with Gasteiger partial charge in [-0.2, -0.15) is 0 Å². The van der Waals surface area contributed by atoms with Crippen LogP contribution in [0.3, 0.4) is 0 Å². The largest absolute Gasteiger partial charge is 0.462 e. The Morgan fingerprint density at radius 1 is 0.350 bits per heavy atom. The van der Waals surface area contributed by atoms with E-state index in [1.807, 2.05) is 0 Å².